The lowest BCUT2D eigenvalue weighted by atomic mass is 10.1. The maximum Gasteiger partial charge on any atom is 0.0685 e. The molecule has 1 aromatic carbocycles. The molecule has 2 aromatic rings. The van der Waals surface area contributed by atoms with Gasteiger partial charge in [-0.05, 0) is 40.2 Å². The number of benzene rings is 1. The van der Waals surface area contributed by atoms with Crippen molar-refractivity contribution in [3.63, 3.8) is 0 Å². The zero-order chi connectivity index (χ0) is 12.3. The summed E-state index contributed by atoms with van der Waals surface area (Å²) in [5.41, 5.74) is 1.13. The van der Waals surface area contributed by atoms with Gasteiger partial charge >= 0.3 is 0 Å². The van der Waals surface area contributed by atoms with E-state index in [1.165, 1.54) is 4.88 Å². The van der Waals surface area contributed by atoms with Crippen LogP contribution in [-0.4, -0.2) is 6.54 Å². The average molecular weight is 331 g/mol. The molecule has 0 aliphatic heterocycles. The molecular formula is C13H13BrClNS. The third-order valence-corrected chi connectivity index (χ3v) is 4.60. The molecule has 1 heterocycles. The van der Waals surface area contributed by atoms with Gasteiger partial charge in [-0.2, -0.15) is 0 Å². The van der Waals surface area contributed by atoms with Gasteiger partial charge in [-0.1, -0.05) is 36.7 Å². The molecular weight excluding hydrogens is 318 g/mol. The summed E-state index contributed by atoms with van der Waals surface area (Å²) in [5, 5.41) is 6.38. The van der Waals surface area contributed by atoms with Gasteiger partial charge in [0.1, 0.15) is 0 Å². The third-order valence-electron chi connectivity index (χ3n) is 2.50. The number of hydrogen-bond donors (Lipinski definition) is 1. The Bertz CT molecular complexity index is 498. The van der Waals surface area contributed by atoms with Crippen LogP contribution in [-0.2, 0) is 0 Å². The Hall–Kier alpha value is -0.350. The fraction of sp³-hybridized carbons (Fsp3) is 0.231. The van der Waals surface area contributed by atoms with E-state index in [9.17, 15) is 0 Å². The first kappa shape index (κ1) is 13.1. The van der Waals surface area contributed by atoms with Gasteiger partial charge in [0.2, 0.25) is 0 Å². The monoisotopic (exact) mass is 329 g/mol. The Labute approximate surface area is 119 Å². The lowest BCUT2D eigenvalue weighted by Gasteiger charge is -2.18. The maximum absolute atomic E-state index is 6.26. The molecule has 0 saturated heterocycles. The van der Waals surface area contributed by atoms with E-state index < -0.39 is 0 Å². The topological polar surface area (TPSA) is 12.0 Å². The molecule has 0 bridgehead atoms. The fourth-order valence-corrected chi connectivity index (χ4v) is 3.54. The Morgan fingerprint density at radius 2 is 2.18 bits per heavy atom. The van der Waals surface area contributed by atoms with Crippen molar-refractivity contribution in [2.24, 2.45) is 0 Å². The zero-order valence-corrected chi connectivity index (χ0v) is 12.6. The van der Waals surface area contributed by atoms with Crippen molar-refractivity contribution in [2.75, 3.05) is 6.54 Å². The van der Waals surface area contributed by atoms with Crippen LogP contribution < -0.4 is 5.32 Å². The lowest BCUT2D eigenvalue weighted by molar-refractivity contribution is 0.640. The minimum absolute atomic E-state index is 0.171. The number of nitrogens with one attached hydrogen (secondary N) is 1. The molecule has 1 unspecified atom stereocenters. The van der Waals surface area contributed by atoms with Crippen molar-refractivity contribution in [3.8, 4) is 0 Å². The summed E-state index contributed by atoms with van der Waals surface area (Å²) in [6.07, 6.45) is 0. The van der Waals surface area contributed by atoms with E-state index in [0.29, 0.717) is 0 Å². The van der Waals surface area contributed by atoms with Crippen molar-refractivity contribution in [3.05, 3.63) is 55.6 Å². The Morgan fingerprint density at radius 1 is 1.41 bits per heavy atom. The maximum atomic E-state index is 6.26. The molecule has 1 aromatic heterocycles. The van der Waals surface area contributed by atoms with Crippen LogP contribution in [0.1, 0.15) is 23.4 Å². The minimum atomic E-state index is 0.171. The molecule has 2 rings (SSSR count). The second-order valence-electron chi connectivity index (χ2n) is 3.68. The fourth-order valence-electron chi connectivity index (χ4n) is 1.76. The highest BCUT2D eigenvalue weighted by Crippen LogP contribution is 2.33. The van der Waals surface area contributed by atoms with Gasteiger partial charge in [0.25, 0.3) is 0 Å². The predicted molar refractivity (Wildman–Crippen MR) is 79.0 cm³/mol. The molecule has 90 valence electrons. The number of halogens is 2. The van der Waals surface area contributed by atoms with E-state index in [1.54, 1.807) is 11.3 Å². The molecule has 1 N–H and O–H groups in total. The summed E-state index contributed by atoms with van der Waals surface area (Å²) < 4.78 is 1.12. The smallest absolute Gasteiger partial charge is 0.0685 e. The SMILES string of the molecule is CCNC(c1cc(Br)cs1)c1ccccc1Cl. The van der Waals surface area contributed by atoms with E-state index in [2.05, 4.69) is 45.7 Å². The van der Waals surface area contributed by atoms with Gasteiger partial charge in [-0.15, -0.1) is 11.3 Å². The van der Waals surface area contributed by atoms with Crippen LogP contribution in [0.2, 0.25) is 5.02 Å². The molecule has 17 heavy (non-hydrogen) atoms. The molecule has 0 saturated carbocycles. The van der Waals surface area contributed by atoms with Crippen molar-refractivity contribution < 1.29 is 0 Å². The highest BCUT2D eigenvalue weighted by atomic mass is 79.9. The van der Waals surface area contributed by atoms with Crippen LogP contribution in [0.5, 0.6) is 0 Å². The largest absolute Gasteiger partial charge is 0.306 e. The summed E-state index contributed by atoms with van der Waals surface area (Å²) in [7, 11) is 0. The number of rotatable bonds is 4. The van der Waals surface area contributed by atoms with E-state index in [0.717, 1.165) is 21.6 Å². The highest BCUT2D eigenvalue weighted by Gasteiger charge is 2.17. The Morgan fingerprint density at radius 3 is 2.76 bits per heavy atom. The minimum Gasteiger partial charge on any atom is -0.306 e. The highest BCUT2D eigenvalue weighted by molar-refractivity contribution is 9.10. The summed E-state index contributed by atoms with van der Waals surface area (Å²) >= 11 is 11.5. The normalized spacial score (nSPS) is 12.6. The first-order chi connectivity index (χ1) is 8.22. The van der Waals surface area contributed by atoms with Crippen LogP contribution in [0.4, 0.5) is 0 Å². The van der Waals surface area contributed by atoms with Crippen molar-refractivity contribution in [1.82, 2.24) is 5.32 Å². The number of hydrogen-bond acceptors (Lipinski definition) is 2. The Balaban J connectivity index is 2.39. The molecule has 0 aliphatic rings. The first-order valence-corrected chi connectivity index (χ1v) is 7.49. The Kier molecular flexibility index (Phi) is 4.62. The summed E-state index contributed by atoms with van der Waals surface area (Å²) in [4.78, 5) is 1.27. The molecule has 0 spiro atoms. The van der Waals surface area contributed by atoms with Crippen molar-refractivity contribution >= 4 is 38.9 Å². The summed E-state index contributed by atoms with van der Waals surface area (Å²) in [5.74, 6) is 0. The molecule has 0 aliphatic carbocycles. The van der Waals surface area contributed by atoms with Crippen LogP contribution in [0, 0.1) is 0 Å². The van der Waals surface area contributed by atoms with Crippen LogP contribution in [0.25, 0.3) is 0 Å². The van der Waals surface area contributed by atoms with E-state index in [-0.39, 0.29) is 6.04 Å². The zero-order valence-electron chi connectivity index (χ0n) is 9.41. The van der Waals surface area contributed by atoms with Crippen LogP contribution in [0.15, 0.2) is 40.2 Å². The van der Waals surface area contributed by atoms with Gasteiger partial charge in [0, 0.05) is 19.8 Å². The average Bonchev–Trinajstić information content (AvgIpc) is 2.74. The van der Waals surface area contributed by atoms with Gasteiger partial charge in [-0.25, -0.2) is 0 Å². The molecule has 0 amide bonds. The van der Waals surface area contributed by atoms with Crippen LogP contribution in [0.3, 0.4) is 0 Å². The second-order valence-corrected chi connectivity index (χ2v) is 5.95. The van der Waals surface area contributed by atoms with E-state index in [1.807, 2.05) is 18.2 Å². The third kappa shape index (κ3) is 3.10. The first-order valence-electron chi connectivity index (χ1n) is 5.44. The summed E-state index contributed by atoms with van der Waals surface area (Å²) in [6, 6.07) is 10.3. The molecule has 0 radical (unpaired) electrons. The van der Waals surface area contributed by atoms with Gasteiger partial charge in [-0.3, -0.25) is 0 Å². The quantitative estimate of drug-likeness (QED) is 0.844. The molecule has 1 nitrogen and oxygen atoms in total. The van der Waals surface area contributed by atoms with E-state index >= 15 is 0 Å². The van der Waals surface area contributed by atoms with Gasteiger partial charge < -0.3 is 5.32 Å². The van der Waals surface area contributed by atoms with Crippen molar-refractivity contribution in [2.45, 2.75) is 13.0 Å². The predicted octanol–water partition coefficient (Wildman–Crippen LogP) is 4.86. The van der Waals surface area contributed by atoms with Gasteiger partial charge in [0.15, 0.2) is 0 Å². The molecule has 0 fully saturated rings. The summed E-state index contributed by atoms with van der Waals surface area (Å²) in [6.45, 7) is 3.01. The number of thiophene rings is 1. The van der Waals surface area contributed by atoms with E-state index in [4.69, 9.17) is 11.6 Å². The van der Waals surface area contributed by atoms with Crippen molar-refractivity contribution in [1.29, 1.82) is 0 Å². The lowest BCUT2D eigenvalue weighted by Crippen LogP contribution is -2.21. The van der Waals surface area contributed by atoms with Crippen LogP contribution >= 0.6 is 38.9 Å². The standard InChI is InChI=1S/C13H13BrClNS/c1-2-16-13(12-7-9(14)8-17-12)10-5-3-4-6-11(10)15/h3-8,13,16H,2H2,1H3. The molecule has 1 atom stereocenters. The second kappa shape index (κ2) is 6.01. The molecule has 4 heteroatoms. The van der Waals surface area contributed by atoms with Gasteiger partial charge in [0.05, 0.1) is 6.04 Å².